The van der Waals surface area contributed by atoms with Crippen LogP contribution >= 0.6 is 89.7 Å². The van der Waals surface area contributed by atoms with Crippen LogP contribution in [0.1, 0.15) is 6.42 Å². The van der Waals surface area contributed by atoms with Gasteiger partial charge in [-0.15, -0.1) is 89.7 Å². The van der Waals surface area contributed by atoms with Gasteiger partial charge >= 0.3 is 18.2 Å². The summed E-state index contributed by atoms with van der Waals surface area (Å²) < 4.78 is 33.5. The number of alkyl halides is 5. The lowest BCUT2D eigenvalue weighted by Crippen LogP contribution is -2.19. The fraction of sp³-hybridized carbons (Fsp3) is 1.00. The highest BCUT2D eigenvalue weighted by Crippen LogP contribution is 2.32. The van der Waals surface area contributed by atoms with E-state index in [0.717, 1.165) is 0 Å². The van der Waals surface area contributed by atoms with Crippen LogP contribution in [0.3, 0.4) is 0 Å². The van der Waals surface area contributed by atoms with Gasteiger partial charge in [0.25, 0.3) is 0 Å². The predicted molar refractivity (Wildman–Crippen MR) is 77.6 cm³/mol. The van der Waals surface area contributed by atoms with Crippen LogP contribution in [0, 0.1) is 0 Å². The molecule has 0 aromatic rings. The molecule has 0 atom stereocenters. The van der Waals surface area contributed by atoms with E-state index in [4.69, 9.17) is 89.7 Å². The Hall–Kier alpha value is 2.54. The van der Waals surface area contributed by atoms with E-state index in [1.165, 1.54) is 0 Å². The molecule has 0 aliphatic carbocycles. The van der Waals surface area contributed by atoms with E-state index < -0.39 is 29.1 Å². The lowest BCUT2D eigenvalue weighted by molar-refractivity contribution is -0.130. The zero-order valence-electron chi connectivity index (χ0n) is 7.65. The molecule has 0 bridgehead atoms. The summed E-state index contributed by atoms with van der Waals surface area (Å²) in [5.74, 6) is 0. The first-order chi connectivity index (χ1) is 7.15. The predicted octanol–water partition coefficient (Wildman–Crippen LogP) is 6.58. The maximum absolute atomic E-state index is 11.4. The average molecular weight is 450 g/mol. The summed E-state index contributed by atoms with van der Waals surface area (Å²) in [7, 11) is 0. The molecule has 0 saturated heterocycles. The molecule has 17 heavy (non-hydrogen) atoms. The van der Waals surface area contributed by atoms with Crippen molar-refractivity contribution in [3.05, 3.63) is 0 Å². The van der Waals surface area contributed by atoms with E-state index in [9.17, 15) is 13.2 Å². The Morgan fingerprint density at radius 3 is 1.24 bits per heavy atom. The van der Waals surface area contributed by atoms with Crippen LogP contribution in [-0.4, -0.2) is 22.6 Å². The highest BCUT2D eigenvalue weighted by Gasteiger charge is 2.34. The smallest absolute Gasteiger partial charge is 0.171 e. The van der Waals surface area contributed by atoms with Gasteiger partial charge < -0.3 is 0 Å². The minimum atomic E-state index is -4.21. The zero-order chi connectivity index (χ0) is 14.5. The van der Waals surface area contributed by atoms with Crippen LogP contribution in [0.4, 0.5) is 13.2 Å². The van der Waals surface area contributed by atoms with Crippen LogP contribution in [-0.2, 0) is 0 Å². The normalized spacial score (nSPS) is 13.4. The monoisotopic (exact) mass is 446 g/mol. The van der Waals surface area contributed by atoms with Gasteiger partial charge in [0, 0.05) is 6.42 Å². The lowest BCUT2D eigenvalue weighted by Gasteiger charge is -2.09. The quantitative estimate of drug-likeness (QED) is 0.259. The van der Waals surface area contributed by atoms with Crippen molar-refractivity contribution in [1.29, 1.82) is 0 Å². The molecule has 0 heterocycles. The van der Waals surface area contributed by atoms with Crippen molar-refractivity contribution in [2.24, 2.45) is 0 Å². The largest absolute Gasteiger partial charge is 0.388 e. The Bertz CT molecular complexity index is 194. The Kier molecular flexibility index (Phi) is 11.2. The van der Waals surface area contributed by atoms with Crippen molar-refractivity contribution >= 4 is 102 Å². The molecule has 0 aromatic carbocycles. The van der Waals surface area contributed by atoms with Crippen LogP contribution in [0.2, 0.25) is 6.04 Å². The molecular formula is C4H5Cl8F3Si2. The molecule has 0 aliphatic heterocycles. The lowest BCUT2D eigenvalue weighted by atomic mass is 10.5. The molecule has 0 aliphatic rings. The van der Waals surface area contributed by atoms with Crippen molar-refractivity contribution in [3.8, 4) is 0 Å². The van der Waals surface area contributed by atoms with Crippen molar-refractivity contribution in [1.82, 2.24) is 0 Å². The Morgan fingerprint density at radius 2 is 1.18 bits per heavy atom. The summed E-state index contributed by atoms with van der Waals surface area (Å²) in [4.78, 5) is 0. The van der Waals surface area contributed by atoms with Gasteiger partial charge in [-0.3, -0.25) is 0 Å². The van der Waals surface area contributed by atoms with E-state index in [1.54, 1.807) is 0 Å². The fourth-order valence-corrected chi connectivity index (χ4v) is 1.70. The first kappa shape index (κ1) is 21.8. The minimum Gasteiger partial charge on any atom is -0.171 e. The van der Waals surface area contributed by atoms with Crippen LogP contribution < -0.4 is 0 Å². The number of halogens is 11. The highest BCUT2D eigenvalue weighted by atomic mass is 35.8. The summed E-state index contributed by atoms with van der Waals surface area (Å²) in [6, 6.07) is -6.22. The SMILES string of the molecule is ClC(Cl)[Si](Cl)(Cl)Cl.FC(F)(F)CC[Si](Cl)(Cl)Cl. The van der Waals surface area contributed by atoms with Gasteiger partial charge in [-0.2, -0.15) is 13.2 Å². The van der Waals surface area contributed by atoms with Gasteiger partial charge in [0.1, 0.15) is 4.46 Å². The van der Waals surface area contributed by atoms with Gasteiger partial charge in [0.2, 0.25) is 0 Å². The molecule has 0 rings (SSSR count). The van der Waals surface area contributed by atoms with Crippen LogP contribution in [0.15, 0.2) is 0 Å². The molecule has 0 fully saturated rings. The van der Waals surface area contributed by atoms with Crippen LogP contribution in [0.5, 0.6) is 0 Å². The Morgan fingerprint density at radius 1 is 0.882 bits per heavy atom. The maximum atomic E-state index is 11.4. The Balaban J connectivity index is 0. The Labute approximate surface area is 137 Å². The third kappa shape index (κ3) is 21.0. The fourth-order valence-electron chi connectivity index (χ4n) is 0.283. The summed E-state index contributed by atoms with van der Waals surface area (Å²) in [6.07, 6.45) is -5.22. The van der Waals surface area contributed by atoms with Gasteiger partial charge in [0.15, 0.2) is 0 Å². The van der Waals surface area contributed by atoms with Gasteiger partial charge in [-0.1, -0.05) is 0 Å². The van der Waals surface area contributed by atoms with Crippen molar-refractivity contribution in [2.45, 2.75) is 23.1 Å². The van der Waals surface area contributed by atoms with Gasteiger partial charge in [-0.05, 0) is 6.04 Å². The van der Waals surface area contributed by atoms with Gasteiger partial charge in [-0.25, -0.2) is 0 Å². The number of hydrogen-bond donors (Lipinski definition) is 0. The second kappa shape index (κ2) is 8.75. The summed E-state index contributed by atoms with van der Waals surface area (Å²) >= 11 is 41.8. The molecule has 0 nitrogen and oxygen atoms in total. The van der Waals surface area contributed by atoms with E-state index in [0.29, 0.717) is 0 Å². The molecule has 0 unspecified atom stereocenters. The van der Waals surface area contributed by atoms with Crippen molar-refractivity contribution < 1.29 is 13.2 Å². The van der Waals surface area contributed by atoms with Crippen molar-refractivity contribution in [3.63, 3.8) is 0 Å². The minimum absolute atomic E-state index is 0.360. The van der Waals surface area contributed by atoms with Crippen LogP contribution in [0.25, 0.3) is 0 Å². The first-order valence-corrected chi connectivity index (χ1v) is 14.9. The summed E-state index contributed by atoms with van der Waals surface area (Å²) in [5, 5.41) is 0. The molecule has 0 amide bonds. The standard InChI is InChI=1S/C3H4Cl3F3Si.CHCl5Si/c4-10(5,6)2-1-3(7,8)9;2-1(3)7(4,5)6/h1-2H2;1H. The van der Waals surface area contributed by atoms with E-state index in [-0.39, 0.29) is 6.04 Å². The third-order valence-electron chi connectivity index (χ3n) is 0.939. The molecule has 0 radical (unpaired) electrons. The molecule has 0 N–H and O–H groups in total. The summed E-state index contributed by atoms with van der Waals surface area (Å²) in [5.41, 5.74) is 0. The molecule has 0 saturated carbocycles. The van der Waals surface area contributed by atoms with Gasteiger partial charge in [0.05, 0.1) is 0 Å². The average Bonchev–Trinajstić information content (AvgIpc) is 1.97. The zero-order valence-corrected chi connectivity index (χ0v) is 15.7. The maximum Gasteiger partial charge on any atom is 0.388 e. The first-order valence-electron chi connectivity index (χ1n) is 3.63. The van der Waals surface area contributed by atoms with E-state index in [2.05, 4.69) is 0 Å². The highest BCUT2D eigenvalue weighted by molar-refractivity contribution is 7.67. The number of rotatable bonds is 3. The molecular weight excluding hydrogens is 445 g/mol. The second-order valence-electron chi connectivity index (χ2n) is 2.57. The molecule has 0 spiro atoms. The summed E-state index contributed by atoms with van der Waals surface area (Å²) in [6.45, 7) is 0. The third-order valence-corrected chi connectivity index (χ3v) is 9.89. The topological polar surface area (TPSA) is 0 Å². The number of hydrogen-bond acceptors (Lipinski definition) is 0. The molecule has 13 heteroatoms. The van der Waals surface area contributed by atoms with E-state index >= 15 is 0 Å². The molecule has 0 aromatic heterocycles. The van der Waals surface area contributed by atoms with Crippen molar-refractivity contribution in [2.75, 3.05) is 0 Å². The second-order valence-corrected chi connectivity index (χ2v) is 22.4. The van der Waals surface area contributed by atoms with E-state index in [1.807, 2.05) is 0 Å². The molecule has 106 valence electrons.